The molecule has 1 aromatic heterocycles. The number of aliphatic carboxylic acids is 1. The van der Waals surface area contributed by atoms with Gasteiger partial charge in [0.1, 0.15) is 4.34 Å². The quantitative estimate of drug-likeness (QED) is 0.761. The SMILES string of the molecule is CSc1nc(CC(=O)O)c(C)s1. The Hall–Kier alpha value is -0.550. The third-order valence-corrected chi connectivity index (χ3v) is 3.36. The molecule has 1 rings (SSSR count). The molecule has 0 aromatic carbocycles. The molecule has 1 heterocycles. The van der Waals surface area contributed by atoms with Gasteiger partial charge in [-0.1, -0.05) is 11.8 Å². The third-order valence-electron chi connectivity index (χ3n) is 1.37. The summed E-state index contributed by atoms with van der Waals surface area (Å²) < 4.78 is 0.934. The predicted molar refractivity (Wildman–Crippen MR) is 50.0 cm³/mol. The molecule has 0 aliphatic rings. The van der Waals surface area contributed by atoms with E-state index in [9.17, 15) is 4.79 Å². The van der Waals surface area contributed by atoms with Crippen molar-refractivity contribution >= 4 is 29.1 Å². The van der Waals surface area contributed by atoms with Crippen LogP contribution in [-0.2, 0) is 11.2 Å². The van der Waals surface area contributed by atoms with Crippen LogP contribution in [0.4, 0.5) is 0 Å². The Morgan fingerprint density at radius 2 is 2.42 bits per heavy atom. The van der Waals surface area contributed by atoms with Crippen molar-refractivity contribution in [3.63, 3.8) is 0 Å². The van der Waals surface area contributed by atoms with Crippen LogP contribution in [0.2, 0.25) is 0 Å². The van der Waals surface area contributed by atoms with Crippen molar-refractivity contribution in [2.75, 3.05) is 6.26 Å². The molecule has 0 radical (unpaired) electrons. The van der Waals surface area contributed by atoms with Crippen molar-refractivity contribution in [1.82, 2.24) is 4.98 Å². The van der Waals surface area contributed by atoms with Crippen molar-refractivity contribution in [1.29, 1.82) is 0 Å². The van der Waals surface area contributed by atoms with E-state index in [4.69, 9.17) is 5.11 Å². The molecule has 0 atom stereocenters. The second-order valence-electron chi connectivity index (χ2n) is 2.26. The minimum atomic E-state index is -0.823. The highest BCUT2D eigenvalue weighted by molar-refractivity contribution is 8.00. The zero-order chi connectivity index (χ0) is 9.14. The first-order valence-electron chi connectivity index (χ1n) is 3.35. The minimum Gasteiger partial charge on any atom is -0.481 e. The lowest BCUT2D eigenvalue weighted by Gasteiger charge is -1.89. The van der Waals surface area contributed by atoms with Crippen LogP contribution in [-0.4, -0.2) is 22.3 Å². The van der Waals surface area contributed by atoms with E-state index in [0.29, 0.717) is 5.69 Å². The fourth-order valence-corrected chi connectivity index (χ4v) is 2.36. The first kappa shape index (κ1) is 9.54. The van der Waals surface area contributed by atoms with Crippen molar-refractivity contribution in [2.45, 2.75) is 17.7 Å². The lowest BCUT2D eigenvalue weighted by molar-refractivity contribution is -0.136. The van der Waals surface area contributed by atoms with Crippen LogP contribution >= 0.6 is 23.1 Å². The van der Waals surface area contributed by atoms with E-state index in [1.807, 2.05) is 13.2 Å². The standard InChI is InChI=1S/C7H9NO2S2/c1-4-5(3-6(9)10)8-7(11-2)12-4/h3H2,1-2H3,(H,9,10). The molecule has 0 saturated carbocycles. The van der Waals surface area contributed by atoms with Crippen LogP contribution in [0.25, 0.3) is 0 Å². The van der Waals surface area contributed by atoms with Gasteiger partial charge in [-0.25, -0.2) is 4.98 Å². The Morgan fingerprint density at radius 3 is 2.83 bits per heavy atom. The van der Waals surface area contributed by atoms with Gasteiger partial charge in [0, 0.05) is 4.88 Å². The number of rotatable bonds is 3. The summed E-state index contributed by atoms with van der Waals surface area (Å²) in [5.74, 6) is -0.823. The summed E-state index contributed by atoms with van der Waals surface area (Å²) in [4.78, 5) is 15.5. The monoisotopic (exact) mass is 203 g/mol. The fraction of sp³-hybridized carbons (Fsp3) is 0.429. The lowest BCUT2D eigenvalue weighted by Crippen LogP contribution is -2.01. The van der Waals surface area contributed by atoms with Crippen LogP contribution in [0.5, 0.6) is 0 Å². The van der Waals surface area contributed by atoms with Gasteiger partial charge in [0.25, 0.3) is 0 Å². The average molecular weight is 203 g/mol. The highest BCUT2D eigenvalue weighted by Gasteiger charge is 2.09. The van der Waals surface area contributed by atoms with E-state index in [2.05, 4.69) is 4.98 Å². The number of carboxylic acid groups (broad SMARTS) is 1. The molecule has 1 aromatic rings. The Kier molecular flexibility index (Phi) is 3.11. The van der Waals surface area contributed by atoms with Gasteiger partial charge in [-0.2, -0.15) is 0 Å². The number of thiazole rings is 1. The van der Waals surface area contributed by atoms with E-state index in [-0.39, 0.29) is 6.42 Å². The molecule has 0 aliphatic heterocycles. The van der Waals surface area contributed by atoms with Gasteiger partial charge in [0.05, 0.1) is 12.1 Å². The van der Waals surface area contributed by atoms with Gasteiger partial charge in [0.2, 0.25) is 0 Å². The Balaban J connectivity index is 2.84. The van der Waals surface area contributed by atoms with Gasteiger partial charge in [-0.05, 0) is 13.2 Å². The third kappa shape index (κ3) is 2.22. The molecule has 0 saturated heterocycles. The van der Waals surface area contributed by atoms with Crippen LogP contribution in [0.3, 0.4) is 0 Å². The van der Waals surface area contributed by atoms with Crippen LogP contribution < -0.4 is 0 Å². The van der Waals surface area contributed by atoms with Crippen molar-refractivity contribution in [3.8, 4) is 0 Å². The van der Waals surface area contributed by atoms with Gasteiger partial charge in [-0.15, -0.1) is 11.3 Å². The van der Waals surface area contributed by atoms with Gasteiger partial charge >= 0.3 is 5.97 Å². The second-order valence-corrected chi connectivity index (χ2v) is 4.51. The van der Waals surface area contributed by atoms with E-state index in [1.54, 1.807) is 23.1 Å². The highest BCUT2D eigenvalue weighted by Crippen LogP contribution is 2.24. The summed E-state index contributed by atoms with van der Waals surface area (Å²) in [6.07, 6.45) is 1.96. The molecule has 0 amide bonds. The Labute approximate surface area is 78.8 Å². The maximum Gasteiger partial charge on any atom is 0.309 e. The topological polar surface area (TPSA) is 50.2 Å². The predicted octanol–water partition coefficient (Wildman–Crippen LogP) is 1.80. The summed E-state index contributed by atoms with van der Waals surface area (Å²) in [6, 6.07) is 0. The summed E-state index contributed by atoms with van der Waals surface area (Å²) in [5, 5.41) is 8.53. The molecule has 3 nitrogen and oxygen atoms in total. The number of carboxylic acids is 1. The molecule has 0 fully saturated rings. The maximum absolute atomic E-state index is 10.4. The molecular weight excluding hydrogens is 194 g/mol. The minimum absolute atomic E-state index is 0.0306. The Bertz CT molecular complexity index is 296. The summed E-state index contributed by atoms with van der Waals surface area (Å²) in [6.45, 7) is 1.90. The van der Waals surface area contributed by atoms with E-state index in [1.165, 1.54) is 0 Å². The van der Waals surface area contributed by atoms with Crippen molar-refractivity contribution < 1.29 is 9.90 Å². The smallest absolute Gasteiger partial charge is 0.309 e. The number of thioether (sulfide) groups is 1. The molecule has 0 aliphatic carbocycles. The number of carbonyl (C=O) groups is 1. The molecule has 66 valence electrons. The number of aryl methyl sites for hydroxylation is 1. The summed E-state index contributed by atoms with van der Waals surface area (Å²) >= 11 is 3.09. The second kappa shape index (κ2) is 3.91. The van der Waals surface area contributed by atoms with Crippen LogP contribution in [0.1, 0.15) is 10.6 Å². The summed E-state index contributed by atoms with van der Waals surface area (Å²) in [5.41, 5.74) is 0.692. The van der Waals surface area contributed by atoms with Crippen LogP contribution in [0.15, 0.2) is 4.34 Å². The molecule has 0 unspecified atom stereocenters. The molecule has 5 heteroatoms. The molecule has 0 spiro atoms. The van der Waals surface area contributed by atoms with Gasteiger partial charge in [-0.3, -0.25) is 4.79 Å². The molecule has 12 heavy (non-hydrogen) atoms. The lowest BCUT2D eigenvalue weighted by atomic mass is 10.3. The number of hydrogen-bond donors (Lipinski definition) is 1. The largest absolute Gasteiger partial charge is 0.481 e. The number of aromatic nitrogens is 1. The zero-order valence-corrected chi connectivity index (χ0v) is 8.46. The van der Waals surface area contributed by atoms with E-state index >= 15 is 0 Å². The van der Waals surface area contributed by atoms with Crippen molar-refractivity contribution in [2.24, 2.45) is 0 Å². The normalized spacial score (nSPS) is 10.2. The summed E-state index contributed by atoms with van der Waals surface area (Å²) in [7, 11) is 0. The van der Waals surface area contributed by atoms with Crippen LogP contribution in [0, 0.1) is 6.92 Å². The zero-order valence-electron chi connectivity index (χ0n) is 6.83. The maximum atomic E-state index is 10.4. The van der Waals surface area contributed by atoms with Gasteiger partial charge in [0.15, 0.2) is 0 Å². The fourth-order valence-electron chi connectivity index (χ4n) is 0.796. The number of hydrogen-bond acceptors (Lipinski definition) is 4. The molecule has 0 bridgehead atoms. The van der Waals surface area contributed by atoms with E-state index < -0.39 is 5.97 Å². The number of nitrogens with zero attached hydrogens (tertiary/aromatic N) is 1. The Morgan fingerprint density at radius 1 is 1.75 bits per heavy atom. The molecular formula is C7H9NO2S2. The van der Waals surface area contributed by atoms with Crippen molar-refractivity contribution in [3.05, 3.63) is 10.6 Å². The van der Waals surface area contributed by atoms with Gasteiger partial charge < -0.3 is 5.11 Å². The van der Waals surface area contributed by atoms with E-state index in [0.717, 1.165) is 9.22 Å². The average Bonchev–Trinajstić information content (AvgIpc) is 2.31. The molecule has 1 N–H and O–H groups in total. The first-order chi connectivity index (χ1) is 5.63. The highest BCUT2D eigenvalue weighted by atomic mass is 32.2. The first-order valence-corrected chi connectivity index (χ1v) is 5.39.